The Labute approximate surface area is 320 Å². The molecule has 7 N–H and O–H groups in total. The molecule has 290 valence electrons. The molecule has 2 aromatic heterocycles. The highest BCUT2D eigenvalue weighted by atomic mass is 32.2. The van der Waals surface area contributed by atoms with Crippen LogP contribution < -0.4 is 16.4 Å². The quantitative estimate of drug-likeness (QED) is 0.108. The number of aromatic nitrogens is 3. The van der Waals surface area contributed by atoms with Gasteiger partial charge in [-0.15, -0.1) is 0 Å². The zero-order valence-electron chi connectivity index (χ0n) is 30.8. The molecular formula is C39H46N8O7S. The van der Waals surface area contributed by atoms with Crippen LogP contribution in [-0.4, -0.2) is 105 Å². The first-order chi connectivity index (χ1) is 26.1. The Balaban J connectivity index is 0.000000309. The lowest BCUT2D eigenvalue weighted by Gasteiger charge is -2.32. The number of carbonyl (C=O) groups is 2. The van der Waals surface area contributed by atoms with Gasteiger partial charge in [0.05, 0.1) is 11.9 Å². The summed E-state index contributed by atoms with van der Waals surface area (Å²) in [6.07, 6.45) is 6.21. The van der Waals surface area contributed by atoms with Gasteiger partial charge >= 0.3 is 5.97 Å². The van der Waals surface area contributed by atoms with E-state index in [1.54, 1.807) is 30.7 Å². The number of carboxylic acids is 1. The van der Waals surface area contributed by atoms with E-state index in [2.05, 4.69) is 42.4 Å². The number of phenols is 1. The number of pyridine rings is 1. The molecule has 0 aliphatic carbocycles. The first-order valence-corrected chi connectivity index (χ1v) is 19.1. The minimum Gasteiger partial charge on any atom is -0.508 e. The fourth-order valence-electron chi connectivity index (χ4n) is 5.25. The number of phenolic OH excluding ortho intramolecular Hbond substituents is 1. The molecule has 3 aromatic carbocycles. The molecule has 16 heteroatoms. The molecule has 6 rings (SSSR count). The molecule has 0 radical (unpaired) electrons. The Hall–Kier alpha value is -5.78. The first kappa shape index (κ1) is 42.0. The molecule has 1 aliphatic rings. The van der Waals surface area contributed by atoms with Crippen LogP contribution in [0.15, 0.2) is 104 Å². The zero-order chi connectivity index (χ0) is 40.0. The van der Waals surface area contributed by atoms with Gasteiger partial charge in [-0.25, -0.2) is 9.97 Å². The number of piperazine rings is 1. The van der Waals surface area contributed by atoms with Crippen molar-refractivity contribution >= 4 is 39.3 Å². The van der Waals surface area contributed by atoms with E-state index in [1.165, 1.54) is 17.7 Å². The summed E-state index contributed by atoms with van der Waals surface area (Å²) >= 11 is 0. The second-order valence-electron chi connectivity index (χ2n) is 12.9. The van der Waals surface area contributed by atoms with Gasteiger partial charge in [-0.05, 0) is 91.7 Å². The number of aromatic hydroxyl groups is 1. The van der Waals surface area contributed by atoms with Crippen LogP contribution in [0.1, 0.15) is 27.0 Å². The average Bonchev–Trinajstić information content (AvgIpc) is 3.15. The van der Waals surface area contributed by atoms with Crippen LogP contribution in [-0.2, 0) is 27.9 Å². The topological polar surface area (TPSA) is 224 Å². The second-order valence-corrected chi connectivity index (χ2v) is 14.4. The second kappa shape index (κ2) is 20.1. The molecular weight excluding hydrogens is 725 g/mol. The Morgan fingerprint density at radius 1 is 0.927 bits per heavy atom. The Morgan fingerprint density at radius 2 is 1.58 bits per heavy atom. The minimum absolute atomic E-state index is 0.143. The maximum absolute atomic E-state index is 12.9. The van der Waals surface area contributed by atoms with Crippen LogP contribution in [0, 0.1) is 6.92 Å². The van der Waals surface area contributed by atoms with Crippen molar-refractivity contribution in [1.29, 1.82) is 0 Å². The standard InChI is InChI=1S/C29H31N7O.C9H11NO3.CH4O3S/c1-21-5-10-25(18-27(21)34-29-31-13-11-26(33-29)24-4-3-12-30-19-24)32-28(37)23-8-6-22(7-9-23)20-36-16-14-35(2)15-17-36;10-8(9(12)13)5-6-1-3-7(11)4-2-6;1-5(2,3)4/h3-13,18-19H,14-17,20H2,1-2H3,(H,32,37)(H,31,33,34);1-4,8,11H,5,10H2,(H,12,13);1H3,(H,2,3,4). The fourth-order valence-corrected chi connectivity index (χ4v) is 5.25. The van der Waals surface area contributed by atoms with E-state index >= 15 is 0 Å². The third kappa shape index (κ3) is 14.9. The smallest absolute Gasteiger partial charge is 0.320 e. The van der Waals surface area contributed by atoms with Gasteiger partial charge in [0, 0.05) is 73.8 Å². The number of nitrogens with zero attached hydrogens (tertiary/aromatic N) is 5. The predicted molar refractivity (Wildman–Crippen MR) is 212 cm³/mol. The number of benzene rings is 3. The number of hydrogen-bond donors (Lipinski definition) is 6. The van der Waals surface area contributed by atoms with Crippen LogP contribution in [0.3, 0.4) is 0 Å². The van der Waals surface area contributed by atoms with Crippen molar-refractivity contribution in [3.8, 4) is 17.0 Å². The van der Waals surface area contributed by atoms with Crippen molar-refractivity contribution in [3.05, 3.63) is 126 Å². The molecule has 1 saturated heterocycles. The van der Waals surface area contributed by atoms with Crippen molar-refractivity contribution in [3.63, 3.8) is 0 Å². The van der Waals surface area contributed by atoms with E-state index in [0.717, 1.165) is 60.8 Å². The number of anilines is 3. The zero-order valence-corrected chi connectivity index (χ0v) is 31.6. The summed E-state index contributed by atoms with van der Waals surface area (Å²) in [6, 6.07) is 24.7. The number of carbonyl (C=O) groups excluding carboxylic acids is 1. The highest BCUT2D eigenvalue weighted by Gasteiger charge is 2.15. The van der Waals surface area contributed by atoms with Gasteiger partial charge in [-0.1, -0.05) is 30.3 Å². The molecule has 0 saturated carbocycles. The number of amides is 1. The lowest BCUT2D eigenvalue weighted by Crippen LogP contribution is -2.43. The van der Waals surface area contributed by atoms with Gasteiger partial charge in [0.1, 0.15) is 11.8 Å². The van der Waals surface area contributed by atoms with E-state index < -0.39 is 22.1 Å². The monoisotopic (exact) mass is 770 g/mol. The van der Waals surface area contributed by atoms with E-state index in [4.69, 9.17) is 20.5 Å². The van der Waals surface area contributed by atoms with E-state index in [-0.39, 0.29) is 18.1 Å². The highest BCUT2D eigenvalue weighted by molar-refractivity contribution is 7.85. The first-order valence-electron chi connectivity index (χ1n) is 17.2. The number of hydrogen-bond acceptors (Lipinski definition) is 12. The maximum atomic E-state index is 12.9. The highest BCUT2D eigenvalue weighted by Crippen LogP contribution is 2.25. The molecule has 1 unspecified atom stereocenters. The Bertz CT molecular complexity index is 2110. The third-order valence-electron chi connectivity index (χ3n) is 8.28. The summed E-state index contributed by atoms with van der Waals surface area (Å²) in [6.45, 7) is 7.24. The Morgan fingerprint density at radius 3 is 2.20 bits per heavy atom. The number of nitrogens with two attached hydrogens (primary N) is 1. The van der Waals surface area contributed by atoms with Crippen LogP contribution in [0.2, 0.25) is 0 Å². The Kier molecular flexibility index (Phi) is 15.3. The van der Waals surface area contributed by atoms with Crippen LogP contribution in [0.4, 0.5) is 17.3 Å². The van der Waals surface area contributed by atoms with Gasteiger partial charge in [0.2, 0.25) is 5.95 Å². The van der Waals surface area contributed by atoms with Crippen LogP contribution >= 0.6 is 0 Å². The van der Waals surface area contributed by atoms with Crippen LogP contribution in [0.25, 0.3) is 11.3 Å². The molecule has 5 aromatic rings. The van der Waals surface area contributed by atoms with Gasteiger partial charge in [-0.2, -0.15) is 8.42 Å². The summed E-state index contributed by atoms with van der Waals surface area (Å²) in [5.74, 6) is -0.527. The number of likely N-dealkylation sites (N-methyl/N-ethyl adjacent to an activating group) is 1. The van der Waals surface area contributed by atoms with E-state index in [1.807, 2.05) is 67.6 Å². The molecule has 1 aliphatic heterocycles. The normalized spacial score (nSPS) is 13.6. The lowest BCUT2D eigenvalue weighted by atomic mass is 10.1. The van der Waals surface area contributed by atoms with Gasteiger partial charge in [0.25, 0.3) is 16.0 Å². The summed E-state index contributed by atoms with van der Waals surface area (Å²) in [7, 11) is -1.51. The number of nitrogens with one attached hydrogen (secondary N) is 2. The van der Waals surface area contributed by atoms with Crippen molar-refractivity contribution < 1.29 is 32.8 Å². The van der Waals surface area contributed by atoms with Gasteiger partial charge < -0.3 is 31.5 Å². The predicted octanol–water partition coefficient (Wildman–Crippen LogP) is 4.44. The molecule has 1 amide bonds. The molecule has 3 heterocycles. The number of rotatable bonds is 10. The van der Waals surface area contributed by atoms with Crippen molar-refractivity contribution in [2.24, 2.45) is 5.73 Å². The minimum atomic E-state index is -3.67. The average molecular weight is 771 g/mol. The molecule has 15 nitrogen and oxygen atoms in total. The number of aryl methyl sites for hydroxylation is 1. The molecule has 0 bridgehead atoms. The summed E-state index contributed by atoms with van der Waals surface area (Å²) < 4.78 is 25.9. The third-order valence-corrected chi connectivity index (χ3v) is 8.28. The fraction of sp³-hybridized carbons (Fsp3) is 0.256. The largest absolute Gasteiger partial charge is 0.508 e. The molecule has 1 fully saturated rings. The molecule has 55 heavy (non-hydrogen) atoms. The number of carboxylic acid groups (broad SMARTS) is 1. The number of aliphatic carboxylic acids is 1. The van der Waals surface area contributed by atoms with E-state index in [0.29, 0.717) is 23.5 Å². The molecule has 0 spiro atoms. The van der Waals surface area contributed by atoms with Crippen molar-refractivity contribution in [1.82, 2.24) is 24.8 Å². The SMILES string of the molecule is CS(=O)(=O)O.Cc1ccc(NC(=O)c2ccc(CN3CCN(C)CC3)cc2)cc1Nc1nccc(-c2cccnc2)n1.NC(Cc1ccc(O)cc1)C(=O)O. The maximum Gasteiger partial charge on any atom is 0.320 e. The van der Waals surface area contributed by atoms with E-state index in [9.17, 15) is 18.0 Å². The van der Waals surface area contributed by atoms with Crippen molar-refractivity contribution in [2.45, 2.75) is 25.9 Å². The van der Waals surface area contributed by atoms with Crippen molar-refractivity contribution in [2.75, 3.05) is 50.1 Å². The van der Waals surface area contributed by atoms with Crippen LogP contribution in [0.5, 0.6) is 5.75 Å². The summed E-state index contributed by atoms with van der Waals surface area (Å²) in [5, 5.41) is 23.8. The van der Waals surface area contributed by atoms with Gasteiger partial charge in [0.15, 0.2) is 0 Å². The van der Waals surface area contributed by atoms with Gasteiger partial charge in [-0.3, -0.25) is 24.0 Å². The molecule has 1 atom stereocenters. The summed E-state index contributed by atoms with van der Waals surface area (Å²) in [4.78, 5) is 41.3. The summed E-state index contributed by atoms with van der Waals surface area (Å²) in [5.41, 5.74) is 12.2. The lowest BCUT2D eigenvalue weighted by molar-refractivity contribution is -0.138.